The van der Waals surface area contributed by atoms with Gasteiger partial charge in [0.2, 0.25) is 6.79 Å². The van der Waals surface area contributed by atoms with Crippen molar-refractivity contribution in [1.82, 2.24) is 0 Å². The van der Waals surface area contributed by atoms with Crippen molar-refractivity contribution in [1.29, 1.82) is 10.5 Å². The van der Waals surface area contributed by atoms with E-state index in [0.29, 0.717) is 22.1 Å². The number of thioether (sulfide) groups is 1. The number of allylic oxidation sites excluding steroid dienone is 1. The zero-order valence-corrected chi connectivity index (χ0v) is 14.4. The molecule has 7 heteroatoms. The fraction of sp³-hybridized carbons (Fsp3) is 0.105. The van der Waals surface area contributed by atoms with E-state index in [4.69, 9.17) is 20.0 Å². The van der Waals surface area contributed by atoms with E-state index in [9.17, 15) is 4.79 Å². The SMILES string of the molecule is N#CC(C#N)=C(Nc1ccccc1)SCC(=O)c1ccc2c(c1)OCO2. The number of ketones is 1. The van der Waals surface area contributed by atoms with Gasteiger partial charge in [0.05, 0.1) is 5.75 Å². The number of ether oxygens (including phenoxy) is 2. The molecule has 0 aliphatic carbocycles. The van der Waals surface area contributed by atoms with Crippen LogP contribution < -0.4 is 14.8 Å². The van der Waals surface area contributed by atoms with Crippen molar-refractivity contribution in [2.24, 2.45) is 0 Å². The van der Waals surface area contributed by atoms with Crippen LogP contribution in [-0.4, -0.2) is 18.3 Å². The molecule has 26 heavy (non-hydrogen) atoms. The number of nitrogens with zero attached hydrogens (tertiary/aromatic N) is 2. The molecule has 0 radical (unpaired) electrons. The first kappa shape index (κ1) is 17.4. The molecule has 0 fully saturated rings. The van der Waals surface area contributed by atoms with E-state index in [2.05, 4.69) is 5.32 Å². The summed E-state index contributed by atoms with van der Waals surface area (Å²) in [4.78, 5) is 12.5. The van der Waals surface area contributed by atoms with E-state index in [-0.39, 0.29) is 23.9 Å². The Kier molecular flexibility index (Phi) is 5.43. The zero-order valence-electron chi connectivity index (χ0n) is 13.6. The summed E-state index contributed by atoms with van der Waals surface area (Å²) in [5.41, 5.74) is 1.14. The number of carbonyl (C=O) groups excluding carboxylic acids is 1. The number of para-hydroxylation sites is 1. The first-order valence-electron chi connectivity index (χ1n) is 7.63. The Morgan fingerprint density at radius 1 is 1.08 bits per heavy atom. The number of Topliss-reactive ketones (excluding diaryl/α,β-unsaturated/α-hetero) is 1. The molecule has 3 rings (SSSR count). The van der Waals surface area contributed by atoms with Crippen LogP contribution in [0.3, 0.4) is 0 Å². The molecule has 0 saturated carbocycles. The molecule has 1 heterocycles. The molecule has 2 aromatic carbocycles. The van der Waals surface area contributed by atoms with Gasteiger partial charge in [-0.15, -0.1) is 0 Å². The van der Waals surface area contributed by atoms with Crippen molar-refractivity contribution < 1.29 is 14.3 Å². The average Bonchev–Trinajstić information content (AvgIpc) is 3.15. The van der Waals surface area contributed by atoms with Gasteiger partial charge in [-0.2, -0.15) is 10.5 Å². The third-order valence-corrected chi connectivity index (χ3v) is 4.53. The molecule has 0 amide bonds. The van der Waals surface area contributed by atoms with Gasteiger partial charge < -0.3 is 14.8 Å². The zero-order chi connectivity index (χ0) is 18.4. The Bertz CT molecular complexity index is 927. The second-order valence-electron chi connectivity index (χ2n) is 5.20. The molecule has 128 valence electrons. The van der Waals surface area contributed by atoms with Crippen LogP contribution in [0.1, 0.15) is 10.4 Å². The van der Waals surface area contributed by atoms with Crippen molar-refractivity contribution in [3.63, 3.8) is 0 Å². The van der Waals surface area contributed by atoms with Gasteiger partial charge in [0.1, 0.15) is 17.2 Å². The normalized spacial score (nSPS) is 11.2. The molecular formula is C19H13N3O3S. The Labute approximate surface area is 154 Å². The largest absolute Gasteiger partial charge is 0.454 e. The van der Waals surface area contributed by atoms with Gasteiger partial charge in [0, 0.05) is 11.3 Å². The molecule has 0 aromatic heterocycles. The fourth-order valence-electron chi connectivity index (χ4n) is 2.24. The molecule has 1 N–H and O–H groups in total. The van der Waals surface area contributed by atoms with Crippen LogP contribution in [0.25, 0.3) is 0 Å². The van der Waals surface area contributed by atoms with Gasteiger partial charge in [0.15, 0.2) is 22.9 Å². The summed E-state index contributed by atoms with van der Waals surface area (Å²) in [6.07, 6.45) is 0. The Morgan fingerprint density at radius 3 is 2.54 bits per heavy atom. The molecular weight excluding hydrogens is 350 g/mol. The van der Waals surface area contributed by atoms with Crippen molar-refractivity contribution in [3.8, 4) is 23.6 Å². The van der Waals surface area contributed by atoms with Gasteiger partial charge in [-0.1, -0.05) is 30.0 Å². The molecule has 6 nitrogen and oxygen atoms in total. The maximum atomic E-state index is 12.5. The fourth-order valence-corrected chi connectivity index (χ4v) is 3.11. The lowest BCUT2D eigenvalue weighted by Crippen LogP contribution is -2.06. The predicted octanol–water partition coefficient (Wildman–Crippen LogP) is 3.70. The molecule has 2 aromatic rings. The van der Waals surface area contributed by atoms with Crippen LogP contribution in [0, 0.1) is 22.7 Å². The summed E-state index contributed by atoms with van der Waals surface area (Å²) < 4.78 is 10.5. The summed E-state index contributed by atoms with van der Waals surface area (Å²) in [7, 11) is 0. The highest BCUT2D eigenvalue weighted by Crippen LogP contribution is 2.33. The number of benzene rings is 2. The van der Waals surface area contributed by atoms with Crippen LogP contribution in [0.15, 0.2) is 59.1 Å². The van der Waals surface area contributed by atoms with Crippen LogP contribution in [0.2, 0.25) is 0 Å². The number of hydrogen-bond donors (Lipinski definition) is 1. The molecule has 0 saturated heterocycles. The van der Waals surface area contributed by atoms with Gasteiger partial charge in [-0.25, -0.2) is 0 Å². The molecule has 0 unspecified atom stereocenters. The minimum Gasteiger partial charge on any atom is -0.454 e. The monoisotopic (exact) mass is 363 g/mol. The third kappa shape index (κ3) is 3.97. The molecule has 1 aliphatic heterocycles. The second-order valence-corrected chi connectivity index (χ2v) is 6.18. The van der Waals surface area contributed by atoms with E-state index < -0.39 is 0 Å². The van der Waals surface area contributed by atoms with E-state index in [1.54, 1.807) is 18.2 Å². The van der Waals surface area contributed by atoms with Crippen LogP contribution >= 0.6 is 11.8 Å². The maximum absolute atomic E-state index is 12.5. The summed E-state index contributed by atoms with van der Waals surface area (Å²) >= 11 is 1.11. The van der Waals surface area contributed by atoms with Crippen molar-refractivity contribution in [2.75, 3.05) is 17.9 Å². The first-order chi connectivity index (χ1) is 12.7. The maximum Gasteiger partial charge on any atom is 0.231 e. The lowest BCUT2D eigenvalue weighted by Gasteiger charge is -2.10. The number of rotatable bonds is 6. The Hall–Kier alpha value is -3.42. The number of carbonyl (C=O) groups is 1. The van der Waals surface area contributed by atoms with Crippen molar-refractivity contribution >= 4 is 23.2 Å². The minimum absolute atomic E-state index is 0.0711. The number of nitriles is 2. The molecule has 0 atom stereocenters. The highest BCUT2D eigenvalue weighted by atomic mass is 32.2. The molecule has 0 bridgehead atoms. The van der Waals surface area contributed by atoms with Gasteiger partial charge in [-0.3, -0.25) is 4.79 Å². The molecule has 1 aliphatic rings. The highest BCUT2D eigenvalue weighted by molar-refractivity contribution is 8.03. The molecule has 0 spiro atoms. The topological polar surface area (TPSA) is 95.1 Å². The van der Waals surface area contributed by atoms with Gasteiger partial charge in [-0.05, 0) is 30.3 Å². The number of anilines is 1. The second kappa shape index (κ2) is 8.11. The summed E-state index contributed by atoms with van der Waals surface area (Å²) in [5, 5.41) is 21.7. The lowest BCUT2D eigenvalue weighted by molar-refractivity contribution is 0.102. The van der Waals surface area contributed by atoms with Crippen molar-refractivity contribution in [3.05, 3.63) is 64.7 Å². The highest BCUT2D eigenvalue weighted by Gasteiger charge is 2.17. The summed E-state index contributed by atoms with van der Waals surface area (Å²) in [6.45, 7) is 0.142. The van der Waals surface area contributed by atoms with E-state index in [1.165, 1.54) is 0 Å². The van der Waals surface area contributed by atoms with E-state index in [1.807, 2.05) is 42.5 Å². The summed E-state index contributed by atoms with van der Waals surface area (Å²) in [5.74, 6) is 1.07. The first-order valence-corrected chi connectivity index (χ1v) is 8.62. The quantitative estimate of drug-likeness (QED) is 0.617. The third-order valence-electron chi connectivity index (χ3n) is 3.52. The van der Waals surface area contributed by atoms with E-state index >= 15 is 0 Å². The van der Waals surface area contributed by atoms with E-state index in [0.717, 1.165) is 17.4 Å². The van der Waals surface area contributed by atoms with Crippen LogP contribution in [0.5, 0.6) is 11.5 Å². The number of hydrogen-bond acceptors (Lipinski definition) is 7. The minimum atomic E-state index is -0.143. The van der Waals surface area contributed by atoms with Gasteiger partial charge in [0.25, 0.3) is 0 Å². The van der Waals surface area contributed by atoms with Gasteiger partial charge >= 0.3 is 0 Å². The lowest BCUT2D eigenvalue weighted by atomic mass is 10.1. The Balaban J connectivity index is 1.73. The smallest absolute Gasteiger partial charge is 0.231 e. The standard InChI is InChI=1S/C19H13N3O3S/c20-9-14(10-21)19(22-15-4-2-1-3-5-15)26-11-16(23)13-6-7-17-18(8-13)25-12-24-17/h1-8,22H,11-12H2. The Morgan fingerprint density at radius 2 is 1.81 bits per heavy atom. The summed E-state index contributed by atoms with van der Waals surface area (Å²) in [6, 6.07) is 17.9. The van der Waals surface area contributed by atoms with Crippen LogP contribution in [-0.2, 0) is 0 Å². The van der Waals surface area contributed by atoms with Crippen LogP contribution in [0.4, 0.5) is 5.69 Å². The number of fused-ring (bicyclic) bond motifs is 1. The predicted molar refractivity (Wildman–Crippen MR) is 97.7 cm³/mol. The number of nitrogens with one attached hydrogen (secondary N) is 1. The van der Waals surface area contributed by atoms with Crippen molar-refractivity contribution in [2.45, 2.75) is 0 Å². The average molecular weight is 363 g/mol.